The minimum atomic E-state index is 0.149. The van der Waals surface area contributed by atoms with Crippen molar-refractivity contribution in [1.82, 2.24) is 15.1 Å². The van der Waals surface area contributed by atoms with Crippen molar-refractivity contribution in [3.05, 3.63) is 20.8 Å². The molecule has 2 heterocycles. The van der Waals surface area contributed by atoms with Gasteiger partial charge in [-0.1, -0.05) is 0 Å². The maximum Gasteiger partial charge on any atom is 0.219 e. The highest BCUT2D eigenvalue weighted by molar-refractivity contribution is 9.11. The van der Waals surface area contributed by atoms with E-state index >= 15 is 0 Å². The van der Waals surface area contributed by atoms with E-state index in [9.17, 15) is 4.79 Å². The Hall–Kier alpha value is -1.08. The van der Waals surface area contributed by atoms with E-state index < -0.39 is 0 Å². The minimum absolute atomic E-state index is 0.149. The molecule has 1 aromatic rings. The molecule has 0 aliphatic carbocycles. The van der Waals surface area contributed by atoms with Gasteiger partial charge in [0.1, 0.15) is 0 Å². The van der Waals surface area contributed by atoms with Gasteiger partial charge in [0.25, 0.3) is 0 Å². The second-order valence-electron chi connectivity index (χ2n) is 4.60. The number of thiophene rings is 1. The predicted octanol–water partition coefficient (Wildman–Crippen LogP) is 1.75. The van der Waals surface area contributed by atoms with Crippen LogP contribution in [0.2, 0.25) is 0 Å². The fourth-order valence-corrected chi connectivity index (χ4v) is 3.60. The van der Waals surface area contributed by atoms with E-state index in [-0.39, 0.29) is 5.91 Å². The third-order valence-electron chi connectivity index (χ3n) is 3.29. The number of amides is 1. The summed E-state index contributed by atoms with van der Waals surface area (Å²) >= 11 is 5.18. The van der Waals surface area contributed by atoms with Crippen LogP contribution in [0.1, 0.15) is 11.8 Å². The Morgan fingerprint density at radius 1 is 1.35 bits per heavy atom. The van der Waals surface area contributed by atoms with Gasteiger partial charge in [-0.2, -0.15) is 0 Å². The van der Waals surface area contributed by atoms with Gasteiger partial charge in [0, 0.05) is 45.0 Å². The molecule has 5 nitrogen and oxygen atoms in total. The van der Waals surface area contributed by atoms with Crippen LogP contribution in [-0.4, -0.2) is 54.9 Å². The normalized spacial score (nSPS) is 16.4. The first kappa shape index (κ1) is 15.3. The Bertz CT molecular complexity index is 494. The van der Waals surface area contributed by atoms with E-state index in [1.807, 2.05) is 4.90 Å². The first-order valence-corrected chi connectivity index (χ1v) is 8.16. The van der Waals surface area contributed by atoms with Crippen molar-refractivity contribution >= 4 is 39.1 Å². The number of guanidine groups is 1. The predicted molar refractivity (Wildman–Crippen MR) is 86.0 cm³/mol. The quantitative estimate of drug-likeness (QED) is 0.647. The highest BCUT2D eigenvalue weighted by atomic mass is 79.9. The van der Waals surface area contributed by atoms with Gasteiger partial charge >= 0.3 is 0 Å². The average molecular weight is 359 g/mol. The van der Waals surface area contributed by atoms with E-state index in [0.717, 1.165) is 42.5 Å². The molecular weight excluding hydrogens is 340 g/mol. The maximum absolute atomic E-state index is 11.3. The lowest BCUT2D eigenvalue weighted by molar-refractivity contribution is -0.130. The summed E-state index contributed by atoms with van der Waals surface area (Å²) in [4.78, 5) is 21.0. The molecule has 0 unspecified atom stereocenters. The molecule has 1 saturated heterocycles. The fourth-order valence-electron chi connectivity index (χ4n) is 2.18. The summed E-state index contributed by atoms with van der Waals surface area (Å²) in [6, 6.07) is 4.15. The Labute approximate surface area is 131 Å². The largest absolute Gasteiger partial charge is 0.351 e. The second kappa shape index (κ2) is 7.08. The number of piperazine rings is 1. The molecule has 0 atom stereocenters. The van der Waals surface area contributed by atoms with Gasteiger partial charge in [-0.05, 0) is 28.1 Å². The van der Waals surface area contributed by atoms with Crippen LogP contribution in [0.3, 0.4) is 0 Å². The molecule has 0 saturated carbocycles. The molecule has 0 bridgehead atoms. The lowest BCUT2D eigenvalue weighted by atomic mass is 10.3. The van der Waals surface area contributed by atoms with Gasteiger partial charge < -0.3 is 15.1 Å². The number of aliphatic imine (C=N–C) groups is 1. The summed E-state index contributed by atoms with van der Waals surface area (Å²) < 4.78 is 1.14. The zero-order valence-electron chi connectivity index (χ0n) is 11.7. The molecule has 1 amide bonds. The van der Waals surface area contributed by atoms with Gasteiger partial charge in [0.2, 0.25) is 5.91 Å². The number of rotatable bonds is 2. The van der Waals surface area contributed by atoms with Gasteiger partial charge in [-0.25, -0.2) is 0 Å². The fraction of sp³-hybridized carbons (Fsp3) is 0.538. The van der Waals surface area contributed by atoms with Gasteiger partial charge in [0.15, 0.2) is 5.96 Å². The first-order chi connectivity index (χ1) is 9.60. The molecule has 1 aromatic heterocycles. The van der Waals surface area contributed by atoms with E-state index in [4.69, 9.17) is 0 Å². The number of hydrogen-bond donors (Lipinski definition) is 1. The molecule has 110 valence electrons. The number of carbonyl (C=O) groups excluding carboxylic acids is 1. The minimum Gasteiger partial charge on any atom is -0.351 e. The van der Waals surface area contributed by atoms with Crippen LogP contribution in [0.25, 0.3) is 0 Å². The molecule has 20 heavy (non-hydrogen) atoms. The number of halogens is 1. The van der Waals surface area contributed by atoms with Crippen molar-refractivity contribution in [1.29, 1.82) is 0 Å². The van der Waals surface area contributed by atoms with Gasteiger partial charge in [-0.3, -0.25) is 9.79 Å². The van der Waals surface area contributed by atoms with E-state index in [1.54, 1.807) is 25.3 Å². The van der Waals surface area contributed by atoms with Gasteiger partial charge in [0.05, 0.1) is 10.3 Å². The lowest BCUT2D eigenvalue weighted by Crippen LogP contribution is -2.53. The standard InChI is InChI=1S/C13H19BrN4OS/c1-10(19)17-5-7-18(8-6-17)13(15-2)16-9-11-3-4-12(14)20-11/h3-4H,5-9H2,1-2H3,(H,15,16). The molecule has 0 radical (unpaired) electrons. The van der Waals surface area contributed by atoms with Crippen LogP contribution in [0, 0.1) is 0 Å². The molecule has 1 aliphatic rings. The average Bonchev–Trinajstić information content (AvgIpc) is 2.86. The number of hydrogen-bond acceptors (Lipinski definition) is 3. The second-order valence-corrected chi connectivity index (χ2v) is 7.15. The Balaban J connectivity index is 1.85. The van der Waals surface area contributed by atoms with Crippen molar-refractivity contribution in [3.8, 4) is 0 Å². The van der Waals surface area contributed by atoms with Crippen LogP contribution >= 0.6 is 27.3 Å². The molecule has 7 heteroatoms. The highest BCUT2D eigenvalue weighted by Crippen LogP contribution is 2.21. The lowest BCUT2D eigenvalue weighted by Gasteiger charge is -2.36. The first-order valence-electron chi connectivity index (χ1n) is 6.55. The maximum atomic E-state index is 11.3. The van der Waals surface area contributed by atoms with E-state index in [0.29, 0.717) is 0 Å². The molecule has 0 aromatic carbocycles. The van der Waals surface area contributed by atoms with Crippen molar-refractivity contribution in [2.75, 3.05) is 33.2 Å². The Morgan fingerprint density at radius 3 is 2.50 bits per heavy atom. The summed E-state index contributed by atoms with van der Waals surface area (Å²) in [7, 11) is 1.80. The molecule has 1 aliphatic heterocycles. The van der Waals surface area contributed by atoms with Crippen LogP contribution in [0.5, 0.6) is 0 Å². The van der Waals surface area contributed by atoms with Crippen molar-refractivity contribution in [2.45, 2.75) is 13.5 Å². The highest BCUT2D eigenvalue weighted by Gasteiger charge is 2.20. The topological polar surface area (TPSA) is 47.9 Å². The SMILES string of the molecule is CN=C(NCc1ccc(Br)s1)N1CCN(C(C)=O)CC1. The van der Waals surface area contributed by atoms with E-state index in [1.165, 1.54) is 4.88 Å². The number of carbonyl (C=O) groups is 1. The monoisotopic (exact) mass is 358 g/mol. The smallest absolute Gasteiger partial charge is 0.219 e. The Morgan fingerprint density at radius 2 is 2.00 bits per heavy atom. The van der Waals surface area contributed by atoms with Crippen LogP contribution in [0.4, 0.5) is 0 Å². The third kappa shape index (κ3) is 3.96. The molecular formula is C13H19BrN4OS. The molecule has 0 spiro atoms. The van der Waals surface area contributed by atoms with Crippen LogP contribution in [-0.2, 0) is 11.3 Å². The molecule has 1 fully saturated rings. The summed E-state index contributed by atoms with van der Waals surface area (Å²) in [6.45, 7) is 5.58. The van der Waals surface area contributed by atoms with Gasteiger partial charge in [-0.15, -0.1) is 11.3 Å². The summed E-state index contributed by atoms with van der Waals surface area (Å²) in [5, 5.41) is 3.37. The van der Waals surface area contributed by atoms with Crippen LogP contribution in [0.15, 0.2) is 20.9 Å². The molecule has 2 rings (SSSR count). The van der Waals surface area contributed by atoms with Crippen molar-refractivity contribution < 1.29 is 4.79 Å². The number of nitrogens with one attached hydrogen (secondary N) is 1. The zero-order chi connectivity index (χ0) is 14.5. The summed E-state index contributed by atoms with van der Waals surface area (Å²) in [6.07, 6.45) is 0. The zero-order valence-corrected chi connectivity index (χ0v) is 14.1. The van der Waals surface area contributed by atoms with Crippen molar-refractivity contribution in [2.24, 2.45) is 4.99 Å². The summed E-state index contributed by atoms with van der Waals surface area (Å²) in [5.41, 5.74) is 0. The van der Waals surface area contributed by atoms with E-state index in [2.05, 4.69) is 43.3 Å². The number of nitrogens with zero attached hydrogens (tertiary/aromatic N) is 3. The third-order valence-corrected chi connectivity index (χ3v) is 4.91. The Kier molecular flexibility index (Phi) is 5.42. The summed E-state index contributed by atoms with van der Waals surface area (Å²) in [5.74, 6) is 1.05. The molecule has 1 N–H and O–H groups in total. The van der Waals surface area contributed by atoms with Crippen LogP contribution < -0.4 is 5.32 Å². The van der Waals surface area contributed by atoms with Crippen molar-refractivity contribution in [3.63, 3.8) is 0 Å².